The Kier molecular flexibility index (Phi) is 3.95. The molecule has 0 spiro atoms. The molecule has 0 saturated carbocycles. The highest BCUT2D eigenvalue weighted by atomic mass is 32.2. The third-order valence-corrected chi connectivity index (χ3v) is 3.82. The molecule has 1 aromatic carbocycles. The van der Waals surface area contributed by atoms with Crippen LogP contribution in [-0.4, -0.2) is 21.7 Å². The molecular weight excluding hydrogens is 267 g/mol. The molecule has 7 heteroatoms. The van der Waals surface area contributed by atoms with Crippen LogP contribution in [0, 0.1) is 0 Å². The fourth-order valence-electron chi connectivity index (χ4n) is 1.65. The van der Waals surface area contributed by atoms with Crippen molar-refractivity contribution in [1.82, 2.24) is 0 Å². The topological polar surface area (TPSA) is 37.4 Å². The quantitative estimate of drug-likeness (QED) is 0.854. The molecule has 0 bridgehead atoms. The molecule has 0 aromatic heterocycles. The maximum Gasteiger partial charge on any atom is 0.418 e. The van der Waals surface area contributed by atoms with Gasteiger partial charge in [-0.1, -0.05) is 19.1 Å². The van der Waals surface area contributed by atoms with Crippen LogP contribution in [0.4, 0.5) is 18.9 Å². The number of aryl methyl sites for hydroxylation is 1. The highest BCUT2D eigenvalue weighted by Crippen LogP contribution is 2.39. The van der Waals surface area contributed by atoms with E-state index in [1.165, 1.54) is 12.1 Å². The molecule has 0 amide bonds. The number of hydrogen-bond acceptors (Lipinski definition) is 2. The van der Waals surface area contributed by atoms with Crippen LogP contribution in [0.3, 0.4) is 0 Å². The van der Waals surface area contributed by atoms with Gasteiger partial charge in [-0.3, -0.25) is 4.31 Å². The highest BCUT2D eigenvalue weighted by molar-refractivity contribution is 7.92. The van der Waals surface area contributed by atoms with Gasteiger partial charge in [0.2, 0.25) is 10.0 Å². The molecule has 3 nitrogen and oxygen atoms in total. The third-order valence-electron chi connectivity index (χ3n) is 2.63. The van der Waals surface area contributed by atoms with Gasteiger partial charge in [0.05, 0.1) is 17.5 Å². The first kappa shape index (κ1) is 14.8. The van der Waals surface area contributed by atoms with Crippen LogP contribution in [0.5, 0.6) is 0 Å². The lowest BCUT2D eigenvalue weighted by molar-refractivity contribution is -0.137. The summed E-state index contributed by atoms with van der Waals surface area (Å²) < 4.78 is 62.5. The van der Waals surface area contributed by atoms with Crippen molar-refractivity contribution in [2.45, 2.75) is 19.5 Å². The number of halogens is 3. The maximum atomic E-state index is 13.0. The summed E-state index contributed by atoms with van der Waals surface area (Å²) in [6, 6.07) is 3.93. The molecule has 0 unspecified atom stereocenters. The number of alkyl halides is 3. The van der Waals surface area contributed by atoms with Crippen LogP contribution in [0.15, 0.2) is 18.2 Å². The molecule has 0 radical (unpaired) electrons. The van der Waals surface area contributed by atoms with Gasteiger partial charge >= 0.3 is 6.18 Å². The molecule has 0 fully saturated rings. The molecule has 0 aliphatic heterocycles. The van der Waals surface area contributed by atoms with Crippen molar-refractivity contribution in [3.8, 4) is 0 Å². The number of anilines is 1. The Labute approximate surface area is 104 Å². The Bertz CT molecular complexity index is 538. The monoisotopic (exact) mass is 281 g/mol. The second-order valence-corrected chi connectivity index (χ2v) is 5.91. The first-order valence-corrected chi connectivity index (χ1v) is 7.06. The van der Waals surface area contributed by atoms with Crippen LogP contribution in [0.25, 0.3) is 0 Å². The van der Waals surface area contributed by atoms with E-state index in [9.17, 15) is 21.6 Å². The van der Waals surface area contributed by atoms with Crippen molar-refractivity contribution in [3.63, 3.8) is 0 Å². The molecule has 102 valence electrons. The molecule has 0 aliphatic carbocycles. The zero-order chi connectivity index (χ0) is 14.1. The summed E-state index contributed by atoms with van der Waals surface area (Å²) in [7, 11) is -2.62. The van der Waals surface area contributed by atoms with Gasteiger partial charge in [0.25, 0.3) is 0 Å². The van der Waals surface area contributed by atoms with Crippen molar-refractivity contribution >= 4 is 15.7 Å². The van der Waals surface area contributed by atoms with E-state index in [0.717, 1.165) is 19.4 Å². The van der Waals surface area contributed by atoms with Crippen molar-refractivity contribution in [1.29, 1.82) is 0 Å². The van der Waals surface area contributed by atoms with Gasteiger partial charge < -0.3 is 0 Å². The number of benzene rings is 1. The Hall–Kier alpha value is -1.24. The minimum Gasteiger partial charge on any atom is -0.273 e. The predicted molar refractivity (Wildman–Crippen MR) is 64.1 cm³/mol. The molecular formula is C11H14F3NO2S. The lowest BCUT2D eigenvalue weighted by Crippen LogP contribution is -2.28. The van der Waals surface area contributed by atoms with E-state index in [-0.39, 0.29) is 17.7 Å². The van der Waals surface area contributed by atoms with Crippen molar-refractivity contribution in [2.75, 3.05) is 17.6 Å². The summed E-state index contributed by atoms with van der Waals surface area (Å²) in [4.78, 5) is 0. The lowest BCUT2D eigenvalue weighted by Gasteiger charge is -2.23. The third kappa shape index (κ3) is 2.95. The van der Waals surface area contributed by atoms with E-state index in [1.807, 2.05) is 0 Å². The first-order valence-electron chi connectivity index (χ1n) is 5.22. The number of rotatable bonds is 3. The Morgan fingerprint density at radius 3 is 2.22 bits per heavy atom. The number of hydrogen-bond donors (Lipinski definition) is 0. The average molecular weight is 281 g/mol. The fraction of sp³-hybridized carbons (Fsp3) is 0.455. The van der Waals surface area contributed by atoms with Gasteiger partial charge in [-0.2, -0.15) is 13.2 Å². The van der Waals surface area contributed by atoms with Crippen LogP contribution in [0.1, 0.15) is 18.1 Å². The average Bonchev–Trinajstić information content (AvgIpc) is 2.24. The van der Waals surface area contributed by atoms with Gasteiger partial charge in [-0.15, -0.1) is 0 Å². The molecule has 0 atom stereocenters. The zero-order valence-electron chi connectivity index (χ0n) is 10.2. The minimum atomic E-state index is -4.58. The van der Waals surface area contributed by atoms with E-state index < -0.39 is 21.8 Å². The van der Waals surface area contributed by atoms with Gasteiger partial charge in [-0.25, -0.2) is 8.42 Å². The Morgan fingerprint density at radius 2 is 1.83 bits per heavy atom. The van der Waals surface area contributed by atoms with Crippen molar-refractivity contribution in [3.05, 3.63) is 29.3 Å². The van der Waals surface area contributed by atoms with Gasteiger partial charge in [-0.05, 0) is 18.1 Å². The summed E-state index contributed by atoms with van der Waals surface area (Å²) in [6.45, 7) is 1.59. The normalized spacial score (nSPS) is 12.6. The summed E-state index contributed by atoms with van der Waals surface area (Å²) in [6.07, 6.45) is -3.53. The summed E-state index contributed by atoms with van der Waals surface area (Å²) in [5.74, 6) is 0. The van der Waals surface area contributed by atoms with Crippen molar-refractivity contribution < 1.29 is 21.6 Å². The van der Waals surface area contributed by atoms with E-state index in [1.54, 1.807) is 6.92 Å². The van der Waals surface area contributed by atoms with Crippen molar-refractivity contribution in [2.24, 2.45) is 0 Å². The predicted octanol–water partition coefficient (Wildman–Crippen LogP) is 2.66. The van der Waals surface area contributed by atoms with Crippen LogP contribution >= 0.6 is 0 Å². The molecule has 0 saturated heterocycles. The Balaban J connectivity index is 3.55. The largest absolute Gasteiger partial charge is 0.418 e. The molecule has 1 aromatic rings. The molecule has 1 rings (SSSR count). The summed E-state index contributed by atoms with van der Waals surface area (Å²) >= 11 is 0. The van der Waals surface area contributed by atoms with Gasteiger partial charge in [0.1, 0.15) is 0 Å². The number of nitrogens with zero attached hydrogens (tertiary/aromatic N) is 1. The molecule has 0 heterocycles. The molecule has 0 aliphatic rings. The SMILES string of the molecule is CCc1cccc(N(C)S(C)(=O)=O)c1C(F)(F)F. The van der Waals surface area contributed by atoms with Gasteiger partial charge in [0, 0.05) is 7.05 Å². The smallest absolute Gasteiger partial charge is 0.273 e. The van der Waals surface area contributed by atoms with E-state index in [4.69, 9.17) is 0 Å². The zero-order valence-corrected chi connectivity index (χ0v) is 11.1. The van der Waals surface area contributed by atoms with E-state index in [0.29, 0.717) is 4.31 Å². The second kappa shape index (κ2) is 4.79. The fourth-order valence-corrected chi connectivity index (χ4v) is 2.16. The van der Waals surface area contributed by atoms with Crippen LogP contribution < -0.4 is 4.31 Å². The minimum absolute atomic E-state index is 0.0792. The summed E-state index contributed by atoms with van der Waals surface area (Å²) in [5, 5.41) is 0. The maximum absolute atomic E-state index is 13.0. The standard InChI is InChI=1S/C11H14F3NO2S/c1-4-8-6-5-7-9(10(8)11(12,13)14)15(2)18(3,16)17/h5-7H,4H2,1-3H3. The first-order chi connectivity index (χ1) is 8.09. The van der Waals surface area contributed by atoms with Crippen LogP contribution in [-0.2, 0) is 22.6 Å². The van der Waals surface area contributed by atoms with E-state index >= 15 is 0 Å². The molecule has 0 N–H and O–H groups in total. The lowest BCUT2D eigenvalue weighted by atomic mass is 10.0. The summed E-state index contributed by atoms with van der Waals surface area (Å²) in [5.41, 5.74) is -1.15. The Morgan fingerprint density at radius 1 is 1.28 bits per heavy atom. The number of sulfonamides is 1. The highest BCUT2D eigenvalue weighted by Gasteiger charge is 2.37. The molecule has 18 heavy (non-hydrogen) atoms. The van der Waals surface area contributed by atoms with Crippen LogP contribution in [0.2, 0.25) is 0 Å². The second-order valence-electron chi connectivity index (χ2n) is 3.89. The van der Waals surface area contributed by atoms with E-state index in [2.05, 4.69) is 0 Å². The van der Waals surface area contributed by atoms with Gasteiger partial charge in [0.15, 0.2) is 0 Å².